The standard InChI is InChI=1S/C11H15FN2/c1-3-14-5-4-13-10-7-9(12)8(2)6-11(10)14/h6-7,13H,3-5H2,1-2H3. The molecule has 1 aromatic carbocycles. The summed E-state index contributed by atoms with van der Waals surface area (Å²) in [6.07, 6.45) is 0. The van der Waals surface area contributed by atoms with Crippen LogP contribution in [0.4, 0.5) is 15.8 Å². The minimum absolute atomic E-state index is 0.130. The van der Waals surface area contributed by atoms with Gasteiger partial charge < -0.3 is 10.2 Å². The smallest absolute Gasteiger partial charge is 0.128 e. The lowest BCUT2D eigenvalue weighted by molar-refractivity contribution is 0.617. The summed E-state index contributed by atoms with van der Waals surface area (Å²) < 4.78 is 13.3. The van der Waals surface area contributed by atoms with E-state index < -0.39 is 0 Å². The van der Waals surface area contributed by atoms with E-state index in [0.717, 1.165) is 31.0 Å². The van der Waals surface area contributed by atoms with Crippen LogP contribution < -0.4 is 10.2 Å². The van der Waals surface area contributed by atoms with Gasteiger partial charge in [0.05, 0.1) is 11.4 Å². The Balaban J connectivity index is 2.47. The van der Waals surface area contributed by atoms with Gasteiger partial charge in [-0.2, -0.15) is 0 Å². The van der Waals surface area contributed by atoms with Gasteiger partial charge in [0.25, 0.3) is 0 Å². The number of fused-ring (bicyclic) bond motifs is 1. The van der Waals surface area contributed by atoms with Crippen molar-refractivity contribution in [3.8, 4) is 0 Å². The molecule has 14 heavy (non-hydrogen) atoms. The highest BCUT2D eigenvalue weighted by Gasteiger charge is 2.16. The van der Waals surface area contributed by atoms with Crippen LogP contribution in [0.15, 0.2) is 12.1 Å². The van der Waals surface area contributed by atoms with Gasteiger partial charge in [-0.25, -0.2) is 4.39 Å². The lowest BCUT2D eigenvalue weighted by atomic mass is 10.1. The summed E-state index contributed by atoms with van der Waals surface area (Å²) in [6, 6.07) is 3.51. The number of rotatable bonds is 1. The Bertz CT molecular complexity index is 349. The molecule has 0 spiro atoms. The van der Waals surface area contributed by atoms with E-state index >= 15 is 0 Å². The van der Waals surface area contributed by atoms with E-state index in [1.165, 1.54) is 0 Å². The van der Waals surface area contributed by atoms with E-state index in [1.807, 2.05) is 6.07 Å². The van der Waals surface area contributed by atoms with Crippen LogP contribution in [0, 0.1) is 12.7 Å². The van der Waals surface area contributed by atoms with Gasteiger partial charge in [-0.15, -0.1) is 0 Å². The average Bonchev–Trinajstić information content (AvgIpc) is 2.19. The van der Waals surface area contributed by atoms with Crippen LogP contribution in [0.1, 0.15) is 12.5 Å². The van der Waals surface area contributed by atoms with E-state index in [2.05, 4.69) is 17.1 Å². The Kier molecular flexibility index (Phi) is 2.32. The zero-order valence-corrected chi connectivity index (χ0v) is 8.60. The fraction of sp³-hybridized carbons (Fsp3) is 0.455. The van der Waals surface area contributed by atoms with Crippen LogP contribution >= 0.6 is 0 Å². The Morgan fingerprint density at radius 2 is 2.29 bits per heavy atom. The zero-order chi connectivity index (χ0) is 10.1. The van der Waals surface area contributed by atoms with E-state index in [9.17, 15) is 4.39 Å². The number of likely N-dealkylation sites (N-methyl/N-ethyl adjacent to an activating group) is 1. The number of aryl methyl sites for hydroxylation is 1. The summed E-state index contributed by atoms with van der Waals surface area (Å²) in [7, 11) is 0. The van der Waals surface area contributed by atoms with Crippen molar-refractivity contribution in [2.75, 3.05) is 29.9 Å². The first kappa shape index (κ1) is 9.31. The number of anilines is 2. The molecule has 1 aromatic rings. The molecular formula is C11H15FN2. The van der Waals surface area contributed by atoms with Crippen LogP contribution in [0.5, 0.6) is 0 Å². The van der Waals surface area contributed by atoms with Crippen LogP contribution in [0.25, 0.3) is 0 Å². The van der Waals surface area contributed by atoms with Crippen molar-refractivity contribution in [3.05, 3.63) is 23.5 Å². The Morgan fingerprint density at radius 3 is 3.00 bits per heavy atom. The number of nitrogens with one attached hydrogen (secondary N) is 1. The second-order valence-corrected chi connectivity index (χ2v) is 3.62. The molecule has 0 aliphatic carbocycles. The molecule has 0 fully saturated rings. The maximum atomic E-state index is 13.3. The van der Waals surface area contributed by atoms with Crippen molar-refractivity contribution in [2.24, 2.45) is 0 Å². The third-order valence-corrected chi connectivity index (χ3v) is 2.70. The van der Waals surface area contributed by atoms with Gasteiger partial charge in [-0.05, 0) is 31.5 Å². The van der Waals surface area contributed by atoms with Gasteiger partial charge >= 0.3 is 0 Å². The third kappa shape index (κ3) is 1.43. The highest BCUT2D eigenvalue weighted by atomic mass is 19.1. The molecule has 0 saturated heterocycles. The summed E-state index contributed by atoms with van der Waals surface area (Å²) in [5, 5.41) is 3.21. The molecule has 3 heteroatoms. The molecule has 0 atom stereocenters. The number of hydrogen-bond donors (Lipinski definition) is 1. The molecule has 1 heterocycles. The first-order chi connectivity index (χ1) is 6.72. The summed E-state index contributed by atoms with van der Waals surface area (Å²) in [5.74, 6) is -0.130. The van der Waals surface area contributed by atoms with Gasteiger partial charge in [-0.1, -0.05) is 0 Å². The van der Waals surface area contributed by atoms with E-state index in [1.54, 1.807) is 13.0 Å². The lowest BCUT2D eigenvalue weighted by Crippen LogP contribution is -2.33. The Labute approximate surface area is 83.7 Å². The van der Waals surface area contributed by atoms with Crippen molar-refractivity contribution in [3.63, 3.8) is 0 Å². The minimum atomic E-state index is -0.130. The lowest BCUT2D eigenvalue weighted by Gasteiger charge is -2.31. The molecule has 0 amide bonds. The molecule has 1 N–H and O–H groups in total. The second-order valence-electron chi connectivity index (χ2n) is 3.62. The summed E-state index contributed by atoms with van der Waals surface area (Å²) in [6.45, 7) is 6.78. The van der Waals surface area contributed by atoms with Crippen molar-refractivity contribution in [2.45, 2.75) is 13.8 Å². The van der Waals surface area contributed by atoms with E-state index in [-0.39, 0.29) is 5.82 Å². The Morgan fingerprint density at radius 1 is 1.50 bits per heavy atom. The average molecular weight is 194 g/mol. The predicted molar refractivity (Wildman–Crippen MR) is 57.5 cm³/mol. The SMILES string of the molecule is CCN1CCNc2cc(F)c(C)cc21. The molecule has 2 nitrogen and oxygen atoms in total. The molecule has 2 rings (SSSR count). The first-order valence-electron chi connectivity index (χ1n) is 5.01. The summed E-state index contributed by atoms with van der Waals surface area (Å²) in [5.41, 5.74) is 2.75. The van der Waals surface area contributed by atoms with Gasteiger partial charge in [0.15, 0.2) is 0 Å². The van der Waals surface area contributed by atoms with Gasteiger partial charge in [-0.3, -0.25) is 0 Å². The van der Waals surface area contributed by atoms with Crippen molar-refractivity contribution >= 4 is 11.4 Å². The molecule has 0 bridgehead atoms. The summed E-state index contributed by atoms with van der Waals surface area (Å²) >= 11 is 0. The van der Waals surface area contributed by atoms with Crippen LogP contribution in [0.2, 0.25) is 0 Å². The maximum Gasteiger partial charge on any atom is 0.128 e. The number of halogens is 1. The van der Waals surface area contributed by atoms with Crippen LogP contribution in [-0.2, 0) is 0 Å². The molecule has 1 aliphatic heterocycles. The van der Waals surface area contributed by atoms with Gasteiger partial charge in [0, 0.05) is 19.6 Å². The molecule has 76 valence electrons. The van der Waals surface area contributed by atoms with E-state index in [0.29, 0.717) is 5.56 Å². The third-order valence-electron chi connectivity index (χ3n) is 2.70. The highest BCUT2D eigenvalue weighted by molar-refractivity contribution is 5.73. The normalized spacial score (nSPS) is 14.9. The predicted octanol–water partition coefficient (Wildman–Crippen LogP) is 2.39. The summed E-state index contributed by atoms with van der Waals surface area (Å²) in [4.78, 5) is 2.26. The largest absolute Gasteiger partial charge is 0.382 e. The molecule has 0 saturated carbocycles. The first-order valence-corrected chi connectivity index (χ1v) is 5.01. The van der Waals surface area contributed by atoms with E-state index in [4.69, 9.17) is 0 Å². The second kappa shape index (κ2) is 3.48. The van der Waals surface area contributed by atoms with Crippen molar-refractivity contribution < 1.29 is 4.39 Å². The highest BCUT2D eigenvalue weighted by Crippen LogP contribution is 2.31. The monoisotopic (exact) mass is 194 g/mol. The van der Waals surface area contributed by atoms with Crippen LogP contribution in [-0.4, -0.2) is 19.6 Å². The molecule has 0 radical (unpaired) electrons. The van der Waals surface area contributed by atoms with Crippen molar-refractivity contribution in [1.29, 1.82) is 0 Å². The van der Waals surface area contributed by atoms with Crippen molar-refractivity contribution in [1.82, 2.24) is 0 Å². The van der Waals surface area contributed by atoms with Gasteiger partial charge in [0.2, 0.25) is 0 Å². The fourth-order valence-electron chi connectivity index (χ4n) is 1.84. The number of nitrogens with zero attached hydrogens (tertiary/aromatic N) is 1. The Hall–Kier alpha value is -1.25. The topological polar surface area (TPSA) is 15.3 Å². The quantitative estimate of drug-likeness (QED) is 0.738. The van der Waals surface area contributed by atoms with Gasteiger partial charge in [0.1, 0.15) is 5.82 Å². The zero-order valence-electron chi connectivity index (χ0n) is 8.60. The number of hydrogen-bond acceptors (Lipinski definition) is 2. The van der Waals surface area contributed by atoms with Crippen LogP contribution in [0.3, 0.4) is 0 Å². The number of benzene rings is 1. The fourth-order valence-corrected chi connectivity index (χ4v) is 1.84. The molecule has 1 aliphatic rings. The molecule has 0 aromatic heterocycles. The molecule has 0 unspecified atom stereocenters. The molecular weight excluding hydrogens is 179 g/mol. The minimum Gasteiger partial charge on any atom is -0.382 e. The maximum absolute atomic E-state index is 13.3.